The molecule has 0 saturated heterocycles. The van der Waals surface area contributed by atoms with Crippen molar-refractivity contribution in [1.82, 2.24) is 4.72 Å². The first-order valence-corrected chi connectivity index (χ1v) is 16.9. The van der Waals surface area contributed by atoms with Crippen molar-refractivity contribution in [1.29, 1.82) is 0 Å². The van der Waals surface area contributed by atoms with E-state index >= 15 is 8.78 Å². The lowest BCUT2D eigenvalue weighted by molar-refractivity contribution is -0.138. The monoisotopic (exact) mass is 668 g/mol. The van der Waals surface area contributed by atoms with E-state index in [1.54, 1.807) is 93.6 Å². The zero-order valence-electron chi connectivity index (χ0n) is 25.0. The van der Waals surface area contributed by atoms with E-state index < -0.39 is 47.0 Å². The van der Waals surface area contributed by atoms with Crippen LogP contribution in [0.4, 0.5) is 8.78 Å². The van der Waals surface area contributed by atoms with Crippen molar-refractivity contribution in [3.05, 3.63) is 101 Å². The molecule has 0 aliphatic rings. The van der Waals surface area contributed by atoms with Gasteiger partial charge >= 0.3 is 19.2 Å². The molecule has 1 unspecified atom stereocenters. The second kappa shape index (κ2) is 15.5. The molecule has 0 aliphatic heterocycles. The van der Waals surface area contributed by atoms with Gasteiger partial charge in [0, 0.05) is 11.1 Å². The fourth-order valence-corrected chi connectivity index (χ4v) is 6.71. The van der Waals surface area contributed by atoms with Gasteiger partial charge in [-0.05, 0) is 46.8 Å². The SMILES string of the molecule is CCOP(=O)(OCC)C(F)(F)[C@@H](NS(=O)C(C)(C)C)[C@H](N=C(c1ccccc1)c1ccccc1)C(=O)Oc1ccccc1Cl. The van der Waals surface area contributed by atoms with Gasteiger partial charge in [0.1, 0.15) is 11.8 Å². The highest BCUT2D eigenvalue weighted by atomic mass is 35.5. The summed E-state index contributed by atoms with van der Waals surface area (Å²) in [4.78, 5) is 18.6. The number of hydrogen-bond acceptors (Lipinski definition) is 7. The van der Waals surface area contributed by atoms with Gasteiger partial charge in [0.25, 0.3) is 0 Å². The number of carbonyl (C=O) groups excluding carboxylic acids is 1. The van der Waals surface area contributed by atoms with Crippen molar-refractivity contribution < 1.29 is 36.1 Å². The number of ether oxygens (including phenoxy) is 1. The van der Waals surface area contributed by atoms with Crippen molar-refractivity contribution in [3.63, 3.8) is 0 Å². The van der Waals surface area contributed by atoms with E-state index in [9.17, 15) is 13.6 Å². The van der Waals surface area contributed by atoms with E-state index in [-0.39, 0.29) is 29.7 Å². The normalized spacial score (nSPS) is 14.4. The Bertz CT molecular complexity index is 1450. The summed E-state index contributed by atoms with van der Waals surface area (Å²) in [6, 6.07) is 18.6. The lowest BCUT2D eigenvalue weighted by Gasteiger charge is -2.36. The second-order valence-electron chi connectivity index (χ2n) is 10.4. The zero-order valence-corrected chi connectivity index (χ0v) is 27.5. The Kier molecular flexibility index (Phi) is 12.5. The largest absolute Gasteiger partial charge is 0.423 e. The predicted octanol–water partition coefficient (Wildman–Crippen LogP) is 7.43. The molecule has 0 bridgehead atoms. The van der Waals surface area contributed by atoms with Crippen molar-refractivity contribution in [3.8, 4) is 5.75 Å². The minimum Gasteiger partial charge on any atom is -0.423 e. The molecule has 238 valence electrons. The van der Waals surface area contributed by atoms with Crippen LogP contribution in [-0.2, 0) is 29.4 Å². The summed E-state index contributed by atoms with van der Waals surface area (Å²) in [6.07, 6.45) is 0. The number of aliphatic imine (C=N–C) groups is 1. The lowest BCUT2D eigenvalue weighted by atomic mass is 10.0. The topological polar surface area (TPSA) is 103 Å². The average molecular weight is 669 g/mol. The highest BCUT2D eigenvalue weighted by Crippen LogP contribution is 2.64. The maximum Gasteiger partial charge on any atom is 0.401 e. The van der Waals surface area contributed by atoms with Crippen LogP contribution in [0.5, 0.6) is 5.75 Å². The van der Waals surface area contributed by atoms with E-state index in [2.05, 4.69) is 9.71 Å². The summed E-state index contributed by atoms with van der Waals surface area (Å²) < 4.78 is 77.5. The van der Waals surface area contributed by atoms with E-state index in [1.165, 1.54) is 26.0 Å². The first kappa shape index (κ1) is 35.7. The van der Waals surface area contributed by atoms with E-state index in [1.807, 2.05) is 0 Å². The molecule has 3 aromatic rings. The molecule has 0 radical (unpaired) electrons. The molecule has 8 nitrogen and oxygen atoms in total. The van der Waals surface area contributed by atoms with Crippen molar-refractivity contribution >= 4 is 41.9 Å². The van der Waals surface area contributed by atoms with Gasteiger partial charge in [-0.2, -0.15) is 8.78 Å². The van der Waals surface area contributed by atoms with Gasteiger partial charge < -0.3 is 13.8 Å². The number of hydrogen-bond donors (Lipinski definition) is 1. The third-order valence-electron chi connectivity index (χ3n) is 6.09. The number of nitrogens with zero attached hydrogens (tertiary/aromatic N) is 1. The van der Waals surface area contributed by atoms with Crippen LogP contribution in [0.15, 0.2) is 89.9 Å². The number of esters is 1. The molecule has 0 spiro atoms. The Labute approximate surface area is 264 Å². The van der Waals surface area contributed by atoms with Crippen LogP contribution >= 0.6 is 19.2 Å². The number of carbonyl (C=O) groups is 1. The molecule has 1 N–H and O–H groups in total. The Morgan fingerprint density at radius 1 is 0.909 bits per heavy atom. The smallest absolute Gasteiger partial charge is 0.401 e. The third kappa shape index (κ3) is 8.68. The van der Waals surface area contributed by atoms with Crippen LogP contribution in [0.3, 0.4) is 0 Å². The highest BCUT2D eigenvalue weighted by molar-refractivity contribution is 7.84. The minimum absolute atomic E-state index is 0.0405. The number of alkyl halides is 2. The first-order valence-electron chi connectivity index (χ1n) is 13.8. The van der Waals surface area contributed by atoms with Gasteiger partial charge in [-0.1, -0.05) is 84.4 Å². The summed E-state index contributed by atoms with van der Waals surface area (Å²) in [5, 5.41) is 0.0405. The fraction of sp³-hybridized carbons (Fsp3) is 0.355. The fourth-order valence-electron chi connectivity index (χ4n) is 3.94. The summed E-state index contributed by atoms with van der Waals surface area (Å²) >= 11 is 6.23. The van der Waals surface area contributed by atoms with Gasteiger partial charge in [-0.3, -0.25) is 9.56 Å². The molecule has 3 aromatic carbocycles. The molecule has 3 atom stereocenters. The molecule has 0 fully saturated rings. The Morgan fingerprint density at radius 2 is 1.39 bits per heavy atom. The van der Waals surface area contributed by atoms with Crippen LogP contribution in [0.25, 0.3) is 0 Å². The van der Waals surface area contributed by atoms with Crippen molar-refractivity contribution in [2.75, 3.05) is 13.2 Å². The van der Waals surface area contributed by atoms with Crippen LogP contribution < -0.4 is 9.46 Å². The zero-order chi connectivity index (χ0) is 32.5. The number of nitrogens with one attached hydrogen (secondary N) is 1. The summed E-state index contributed by atoms with van der Waals surface area (Å²) in [5.74, 6) is -1.39. The van der Waals surface area contributed by atoms with Gasteiger partial charge in [0.05, 0.1) is 39.7 Å². The average Bonchev–Trinajstić information content (AvgIpc) is 2.98. The Morgan fingerprint density at radius 3 is 1.84 bits per heavy atom. The van der Waals surface area contributed by atoms with Crippen LogP contribution in [0.1, 0.15) is 45.7 Å². The standard InChI is InChI=1S/C31H36ClF2N2O6PS/c1-6-40-43(38,41-7-2)31(33,34)28(36-44(39)30(3,4)5)27(29(37)42-25-21-15-14-20-24(25)32)35-26(22-16-10-8-11-17-22)23-18-12-9-13-19-23/h8-21,27-28,36H,6-7H2,1-5H3/t27-,28-,44?/m0/s1. The van der Waals surface area contributed by atoms with Crippen LogP contribution in [0.2, 0.25) is 5.02 Å². The lowest BCUT2D eigenvalue weighted by Crippen LogP contribution is -2.58. The Hall–Kier alpha value is -2.79. The van der Waals surface area contributed by atoms with E-state index in [4.69, 9.17) is 25.4 Å². The second-order valence-corrected chi connectivity index (χ2v) is 14.9. The molecular weight excluding hydrogens is 633 g/mol. The maximum absolute atomic E-state index is 16.7. The van der Waals surface area contributed by atoms with Gasteiger partial charge in [0.15, 0.2) is 6.04 Å². The van der Waals surface area contributed by atoms with Crippen molar-refractivity contribution in [2.24, 2.45) is 4.99 Å². The molecule has 3 rings (SSSR count). The van der Waals surface area contributed by atoms with Gasteiger partial charge in [-0.15, -0.1) is 0 Å². The first-order chi connectivity index (χ1) is 20.7. The molecule has 0 saturated carbocycles. The molecule has 0 amide bonds. The maximum atomic E-state index is 16.7. The van der Waals surface area contributed by atoms with Gasteiger partial charge in [-0.25, -0.2) is 13.7 Å². The molecule has 44 heavy (non-hydrogen) atoms. The Balaban J connectivity index is 2.36. The molecular formula is C31H36ClF2N2O6PS. The highest BCUT2D eigenvalue weighted by Gasteiger charge is 2.63. The van der Waals surface area contributed by atoms with Crippen LogP contribution in [0, 0.1) is 0 Å². The molecule has 0 aliphatic carbocycles. The van der Waals surface area contributed by atoms with Crippen molar-refractivity contribution in [2.45, 2.75) is 57.1 Å². The van der Waals surface area contributed by atoms with E-state index in [0.29, 0.717) is 11.1 Å². The number of rotatable bonds is 14. The molecule has 0 heterocycles. The van der Waals surface area contributed by atoms with Crippen LogP contribution in [-0.4, -0.2) is 51.6 Å². The quantitative estimate of drug-likeness (QED) is 0.0830. The molecule has 0 aromatic heterocycles. The predicted molar refractivity (Wildman–Crippen MR) is 170 cm³/mol. The van der Waals surface area contributed by atoms with E-state index in [0.717, 1.165) is 0 Å². The summed E-state index contributed by atoms with van der Waals surface area (Å²) in [5.41, 5.74) is -3.30. The third-order valence-corrected chi connectivity index (χ3v) is 10.2. The number of para-hydroxylation sites is 1. The number of halogens is 3. The summed E-state index contributed by atoms with van der Waals surface area (Å²) in [7, 11) is -7.51. The van der Waals surface area contributed by atoms with Gasteiger partial charge in [0.2, 0.25) is 0 Å². The number of benzene rings is 3. The molecule has 13 heteroatoms. The summed E-state index contributed by atoms with van der Waals surface area (Å²) in [6.45, 7) is 6.63. The minimum atomic E-state index is -5.29.